The summed E-state index contributed by atoms with van der Waals surface area (Å²) in [7, 11) is 0. The highest BCUT2D eigenvalue weighted by Crippen LogP contribution is 2.31. The van der Waals surface area contributed by atoms with E-state index >= 15 is 0 Å². The highest BCUT2D eigenvalue weighted by molar-refractivity contribution is 7.13. The molecule has 0 saturated heterocycles. The van der Waals surface area contributed by atoms with E-state index in [1.165, 1.54) is 17.5 Å². The number of ketones is 1. The molecule has 0 spiro atoms. The molecule has 0 bridgehead atoms. The Morgan fingerprint density at radius 2 is 1.84 bits per heavy atom. The summed E-state index contributed by atoms with van der Waals surface area (Å²) >= 11 is 1.22. The van der Waals surface area contributed by atoms with Crippen LogP contribution < -0.4 is 10.6 Å². The molecule has 1 aromatic carbocycles. The van der Waals surface area contributed by atoms with Crippen molar-refractivity contribution >= 4 is 39.8 Å². The van der Waals surface area contributed by atoms with E-state index in [9.17, 15) is 14.4 Å². The molecule has 3 rings (SSSR count). The zero-order chi connectivity index (χ0) is 17.8. The van der Waals surface area contributed by atoms with Gasteiger partial charge in [-0.2, -0.15) is 0 Å². The highest BCUT2D eigenvalue weighted by Gasteiger charge is 2.26. The molecule has 0 aliphatic heterocycles. The normalized spacial score (nSPS) is 14.3. The number of aryl methyl sites for hydroxylation is 1. The van der Waals surface area contributed by atoms with Gasteiger partial charge in [0, 0.05) is 23.1 Å². The van der Waals surface area contributed by atoms with Crippen LogP contribution in [0.5, 0.6) is 0 Å². The smallest absolute Gasteiger partial charge is 0.315 e. The van der Waals surface area contributed by atoms with E-state index in [2.05, 4.69) is 15.6 Å². The second-order valence-corrected chi connectivity index (χ2v) is 7.03. The van der Waals surface area contributed by atoms with Crippen molar-refractivity contribution in [3.05, 3.63) is 40.9 Å². The topological polar surface area (TPSA) is 88.2 Å². The number of aromatic nitrogens is 1. The fraction of sp³-hybridized carbons (Fsp3) is 0.333. The molecule has 1 aliphatic carbocycles. The lowest BCUT2D eigenvalue weighted by atomic mass is 9.94. The monoisotopic (exact) mass is 357 g/mol. The predicted octanol–water partition coefficient (Wildman–Crippen LogP) is 3.40. The van der Waals surface area contributed by atoms with Crippen LogP contribution in [0.15, 0.2) is 29.8 Å². The van der Waals surface area contributed by atoms with Crippen molar-refractivity contribution in [2.45, 2.75) is 32.6 Å². The molecule has 25 heavy (non-hydrogen) atoms. The molecule has 7 heteroatoms. The zero-order valence-electron chi connectivity index (χ0n) is 13.9. The molecule has 130 valence electrons. The number of amides is 2. The van der Waals surface area contributed by atoms with Crippen LogP contribution in [-0.4, -0.2) is 22.6 Å². The Labute approximate surface area is 149 Å². The summed E-state index contributed by atoms with van der Waals surface area (Å²) in [6, 6.07) is 5.25. The minimum atomic E-state index is -0.820. The van der Waals surface area contributed by atoms with Crippen LogP contribution in [0.3, 0.4) is 0 Å². The lowest BCUT2D eigenvalue weighted by Crippen LogP contribution is -2.30. The van der Waals surface area contributed by atoms with Crippen molar-refractivity contribution in [2.24, 2.45) is 5.92 Å². The van der Waals surface area contributed by atoms with Gasteiger partial charge in [0.2, 0.25) is 0 Å². The van der Waals surface area contributed by atoms with Crippen LogP contribution in [0, 0.1) is 12.8 Å². The van der Waals surface area contributed by atoms with E-state index in [1.54, 1.807) is 23.6 Å². The van der Waals surface area contributed by atoms with Crippen LogP contribution in [-0.2, 0) is 9.59 Å². The summed E-state index contributed by atoms with van der Waals surface area (Å²) in [5, 5.41) is 7.04. The Morgan fingerprint density at radius 3 is 2.52 bits per heavy atom. The van der Waals surface area contributed by atoms with Gasteiger partial charge in [0.25, 0.3) is 0 Å². The first kappa shape index (κ1) is 17.3. The third kappa shape index (κ3) is 4.11. The number of benzene rings is 1. The van der Waals surface area contributed by atoms with Gasteiger partial charge < -0.3 is 5.32 Å². The lowest BCUT2D eigenvalue weighted by molar-refractivity contribution is -0.133. The molecule has 2 aromatic rings. The average Bonchev–Trinajstić information content (AvgIpc) is 3.29. The summed E-state index contributed by atoms with van der Waals surface area (Å²) in [6.07, 6.45) is 5.41. The summed E-state index contributed by atoms with van der Waals surface area (Å²) in [4.78, 5) is 40.8. The van der Waals surface area contributed by atoms with Gasteiger partial charge in [-0.3, -0.25) is 19.7 Å². The largest absolute Gasteiger partial charge is 0.317 e. The first-order valence-corrected chi connectivity index (χ1v) is 9.09. The molecule has 1 aromatic heterocycles. The van der Waals surface area contributed by atoms with Crippen LogP contribution in [0.25, 0.3) is 0 Å². The summed E-state index contributed by atoms with van der Waals surface area (Å²) in [6.45, 7) is 1.90. The number of nitrogens with one attached hydrogen (secondary N) is 2. The van der Waals surface area contributed by atoms with Gasteiger partial charge in [0.15, 0.2) is 10.9 Å². The summed E-state index contributed by atoms with van der Waals surface area (Å²) in [5.41, 5.74) is 1.79. The third-order valence-electron chi connectivity index (χ3n) is 4.27. The molecule has 0 atom stereocenters. The van der Waals surface area contributed by atoms with Gasteiger partial charge in [-0.25, -0.2) is 4.98 Å². The standard InChI is InChI=1S/C18H19N3O3S/c1-11-6-7-14(13(10-11)15(22)12-4-2-3-5-12)20-16(23)17(24)21-18-19-8-9-25-18/h6-10,12H,2-5H2,1H3,(H,20,23)(H,19,21,24). The number of nitrogens with zero attached hydrogens (tertiary/aromatic N) is 1. The second-order valence-electron chi connectivity index (χ2n) is 6.14. The minimum Gasteiger partial charge on any atom is -0.317 e. The molecular weight excluding hydrogens is 338 g/mol. The Hall–Kier alpha value is -2.54. The van der Waals surface area contributed by atoms with E-state index < -0.39 is 11.8 Å². The van der Waals surface area contributed by atoms with Crippen molar-refractivity contribution in [3.8, 4) is 0 Å². The number of thiazole rings is 1. The Bertz CT molecular complexity index is 796. The molecular formula is C18H19N3O3S. The lowest BCUT2D eigenvalue weighted by Gasteiger charge is -2.14. The molecule has 2 N–H and O–H groups in total. The van der Waals surface area contributed by atoms with Gasteiger partial charge in [0.05, 0.1) is 5.69 Å². The van der Waals surface area contributed by atoms with Gasteiger partial charge in [-0.05, 0) is 31.9 Å². The Balaban J connectivity index is 1.76. The first-order valence-electron chi connectivity index (χ1n) is 8.21. The molecule has 0 radical (unpaired) electrons. The molecule has 1 aliphatic rings. The van der Waals surface area contributed by atoms with Crippen molar-refractivity contribution in [2.75, 3.05) is 10.6 Å². The van der Waals surface area contributed by atoms with Crippen LogP contribution >= 0.6 is 11.3 Å². The number of carbonyl (C=O) groups is 3. The van der Waals surface area contributed by atoms with Crippen LogP contribution in [0.1, 0.15) is 41.6 Å². The van der Waals surface area contributed by atoms with Crippen molar-refractivity contribution in [1.29, 1.82) is 0 Å². The maximum atomic E-state index is 12.8. The Morgan fingerprint density at radius 1 is 1.12 bits per heavy atom. The minimum absolute atomic E-state index is 0.00148. The number of Topliss-reactive ketones (excluding diaryl/α,β-unsaturated/α-hetero) is 1. The number of anilines is 2. The van der Waals surface area contributed by atoms with Crippen LogP contribution in [0.4, 0.5) is 10.8 Å². The van der Waals surface area contributed by atoms with Gasteiger partial charge >= 0.3 is 11.8 Å². The maximum Gasteiger partial charge on any atom is 0.315 e. The average molecular weight is 357 g/mol. The predicted molar refractivity (Wildman–Crippen MR) is 96.8 cm³/mol. The molecule has 6 nitrogen and oxygen atoms in total. The molecule has 1 heterocycles. The van der Waals surface area contributed by atoms with Crippen LogP contribution in [0.2, 0.25) is 0 Å². The quantitative estimate of drug-likeness (QED) is 0.648. The third-order valence-corrected chi connectivity index (χ3v) is 4.96. The van der Waals surface area contributed by atoms with Gasteiger partial charge in [-0.1, -0.05) is 24.5 Å². The highest BCUT2D eigenvalue weighted by atomic mass is 32.1. The van der Waals surface area contributed by atoms with Gasteiger partial charge in [-0.15, -0.1) is 11.3 Å². The second kappa shape index (κ2) is 7.57. The van der Waals surface area contributed by atoms with E-state index in [4.69, 9.17) is 0 Å². The number of hydrogen-bond acceptors (Lipinski definition) is 5. The molecule has 1 saturated carbocycles. The van der Waals surface area contributed by atoms with Gasteiger partial charge in [0.1, 0.15) is 0 Å². The fourth-order valence-corrected chi connectivity index (χ4v) is 3.52. The molecule has 0 unspecified atom stereocenters. The summed E-state index contributed by atoms with van der Waals surface area (Å²) in [5.74, 6) is -1.59. The molecule has 1 fully saturated rings. The van der Waals surface area contributed by atoms with Crippen molar-refractivity contribution in [3.63, 3.8) is 0 Å². The maximum absolute atomic E-state index is 12.8. The number of rotatable bonds is 4. The summed E-state index contributed by atoms with van der Waals surface area (Å²) < 4.78 is 0. The fourth-order valence-electron chi connectivity index (χ4n) is 3.00. The molecule has 2 amide bonds. The van der Waals surface area contributed by atoms with Crippen molar-refractivity contribution < 1.29 is 14.4 Å². The Kier molecular flexibility index (Phi) is 5.23. The van der Waals surface area contributed by atoms with E-state index in [0.717, 1.165) is 31.2 Å². The number of hydrogen-bond donors (Lipinski definition) is 2. The van der Waals surface area contributed by atoms with E-state index in [1.807, 2.05) is 6.92 Å². The first-order chi connectivity index (χ1) is 12.0. The zero-order valence-corrected chi connectivity index (χ0v) is 14.7. The van der Waals surface area contributed by atoms with E-state index in [0.29, 0.717) is 16.4 Å². The SMILES string of the molecule is Cc1ccc(NC(=O)C(=O)Nc2nccs2)c(C(=O)C2CCCC2)c1. The van der Waals surface area contributed by atoms with Crippen molar-refractivity contribution in [1.82, 2.24) is 4.98 Å². The number of carbonyl (C=O) groups excluding carboxylic acids is 3. The van der Waals surface area contributed by atoms with E-state index in [-0.39, 0.29) is 11.7 Å².